The van der Waals surface area contributed by atoms with Gasteiger partial charge in [-0.1, -0.05) is 5.22 Å². The highest BCUT2D eigenvalue weighted by Crippen LogP contribution is 1.93. The highest BCUT2D eigenvalue weighted by molar-refractivity contribution is 5.44. The summed E-state index contributed by atoms with van der Waals surface area (Å²) in [6.07, 6.45) is 0.729. The van der Waals surface area contributed by atoms with Gasteiger partial charge in [-0.15, -0.1) is 0 Å². The molecule has 0 bridgehead atoms. The molecule has 0 aliphatic carbocycles. The van der Waals surface area contributed by atoms with Crippen LogP contribution in [0.25, 0.3) is 0 Å². The van der Waals surface area contributed by atoms with Crippen LogP contribution in [0.1, 0.15) is 13.3 Å². The van der Waals surface area contributed by atoms with Gasteiger partial charge < -0.3 is 0 Å². The van der Waals surface area contributed by atoms with Crippen molar-refractivity contribution in [3.8, 4) is 6.07 Å². The zero-order valence-electron chi connectivity index (χ0n) is 5.61. The van der Waals surface area contributed by atoms with Crippen LogP contribution in [0.3, 0.4) is 0 Å². The molecule has 54 valence electrons. The van der Waals surface area contributed by atoms with Crippen LogP contribution in [-0.4, -0.2) is 12.5 Å². The summed E-state index contributed by atoms with van der Waals surface area (Å²) >= 11 is 0. The van der Waals surface area contributed by atoms with Crippen molar-refractivity contribution in [1.29, 1.82) is 5.26 Å². The van der Waals surface area contributed by atoms with E-state index in [4.69, 9.17) is 5.26 Å². The van der Waals surface area contributed by atoms with Crippen LogP contribution in [0.2, 0.25) is 0 Å². The van der Waals surface area contributed by atoms with Gasteiger partial charge in [0.1, 0.15) is 0 Å². The number of hydrogen-bond acceptors (Lipinski definition) is 4. The Kier molecular flexibility index (Phi) is 4.87. The number of carbonyl (C=O) groups excluding carboxylic acids is 1. The van der Waals surface area contributed by atoms with E-state index in [0.717, 1.165) is 0 Å². The van der Waals surface area contributed by atoms with E-state index in [1.165, 1.54) is 0 Å². The lowest BCUT2D eigenvalue weighted by Crippen LogP contribution is -2.02. The maximum Gasteiger partial charge on any atom is 0.228 e. The van der Waals surface area contributed by atoms with Crippen LogP contribution in [0.15, 0.2) is 10.3 Å². The van der Waals surface area contributed by atoms with E-state index in [1.807, 2.05) is 11.5 Å². The Labute approximate surface area is 58.7 Å². The van der Waals surface area contributed by atoms with Gasteiger partial charge in [0.25, 0.3) is 0 Å². The monoisotopic (exact) mass is 140 g/mol. The molecule has 1 unspecified atom stereocenters. The fourth-order valence-corrected chi connectivity index (χ4v) is 0.328. The van der Waals surface area contributed by atoms with E-state index >= 15 is 0 Å². The van der Waals surface area contributed by atoms with Gasteiger partial charge in [0.2, 0.25) is 6.41 Å². The molecule has 0 aromatic carbocycles. The Bertz CT molecular complexity index is 160. The van der Waals surface area contributed by atoms with Crippen molar-refractivity contribution in [2.45, 2.75) is 19.4 Å². The molecule has 0 aliphatic heterocycles. The van der Waals surface area contributed by atoms with E-state index in [9.17, 15) is 4.79 Å². The second-order valence-electron chi connectivity index (χ2n) is 1.67. The molecule has 0 aromatic heterocycles. The van der Waals surface area contributed by atoms with Gasteiger partial charge in [-0.05, 0) is 6.92 Å². The van der Waals surface area contributed by atoms with Gasteiger partial charge in [-0.2, -0.15) is 10.4 Å². The Balaban J connectivity index is 3.46. The van der Waals surface area contributed by atoms with Gasteiger partial charge in [0, 0.05) is 0 Å². The van der Waals surface area contributed by atoms with Crippen LogP contribution in [0, 0.1) is 11.3 Å². The highest BCUT2D eigenvalue weighted by Gasteiger charge is 1.94. The van der Waals surface area contributed by atoms with E-state index < -0.39 is 0 Å². The normalized spacial score (nSPS) is 12.4. The molecule has 5 nitrogen and oxygen atoms in total. The molecule has 1 N–H and O–H groups in total. The summed E-state index contributed by atoms with van der Waals surface area (Å²) in [4.78, 5) is 9.61. The lowest BCUT2D eigenvalue weighted by Gasteiger charge is -1.93. The van der Waals surface area contributed by atoms with Crippen LogP contribution < -0.4 is 5.43 Å². The molecular weight excluding hydrogens is 132 g/mol. The zero-order chi connectivity index (χ0) is 7.82. The zero-order valence-corrected chi connectivity index (χ0v) is 5.61. The van der Waals surface area contributed by atoms with E-state index in [2.05, 4.69) is 10.3 Å². The first-order chi connectivity index (χ1) is 4.81. The van der Waals surface area contributed by atoms with Crippen molar-refractivity contribution in [2.24, 2.45) is 10.3 Å². The number of amides is 1. The molecule has 0 spiro atoms. The first-order valence-electron chi connectivity index (χ1n) is 2.77. The topological polar surface area (TPSA) is 77.6 Å². The number of hydrogen-bond donors (Lipinski definition) is 1. The number of nitrogens with zero attached hydrogens (tertiary/aromatic N) is 3. The first-order valence-corrected chi connectivity index (χ1v) is 2.77. The summed E-state index contributed by atoms with van der Waals surface area (Å²) in [6, 6.07) is 1.77. The van der Waals surface area contributed by atoms with Crippen molar-refractivity contribution in [3.05, 3.63) is 0 Å². The predicted octanol–water partition coefficient (Wildman–Crippen LogP) is 0.402. The van der Waals surface area contributed by atoms with Crippen LogP contribution >= 0.6 is 0 Å². The van der Waals surface area contributed by atoms with Gasteiger partial charge in [-0.3, -0.25) is 4.79 Å². The standard InChI is InChI=1S/C5H8N4O/c1-5(2-3-6)8-9-7-4-10/h4-5H,2H2,1H3,(H,7,8,10). The Morgan fingerprint density at radius 1 is 1.90 bits per heavy atom. The molecular formula is C5H8N4O. The number of nitrogens with one attached hydrogen (secondary N) is 1. The van der Waals surface area contributed by atoms with E-state index in [1.54, 1.807) is 6.92 Å². The largest absolute Gasteiger partial charge is 0.277 e. The number of nitriles is 1. The van der Waals surface area contributed by atoms with Gasteiger partial charge >= 0.3 is 0 Å². The van der Waals surface area contributed by atoms with Gasteiger partial charge in [0.05, 0.1) is 18.5 Å². The Morgan fingerprint density at radius 2 is 2.60 bits per heavy atom. The number of carbonyl (C=O) groups is 1. The Morgan fingerprint density at radius 3 is 3.10 bits per heavy atom. The van der Waals surface area contributed by atoms with Crippen LogP contribution in [0.4, 0.5) is 0 Å². The van der Waals surface area contributed by atoms with E-state index in [-0.39, 0.29) is 6.04 Å². The molecule has 0 radical (unpaired) electrons. The van der Waals surface area contributed by atoms with Crippen molar-refractivity contribution in [2.75, 3.05) is 0 Å². The van der Waals surface area contributed by atoms with Crippen molar-refractivity contribution < 1.29 is 4.79 Å². The molecule has 0 saturated heterocycles. The molecule has 0 aromatic rings. The van der Waals surface area contributed by atoms with Gasteiger partial charge in [-0.25, -0.2) is 5.43 Å². The third-order valence-corrected chi connectivity index (χ3v) is 0.752. The SMILES string of the molecule is CC(CC#N)N=NNC=O. The van der Waals surface area contributed by atoms with Crippen LogP contribution in [-0.2, 0) is 4.79 Å². The average molecular weight is 140 g/mol. The molecule has 0 aliphatic rings. The molecule has 0 saturated carbocycles. The van der Waals surface area contributed by atoms with Crippen molar-refractivity contribution in [3.63, 3.8) is 0 Å². The predicted molar refractivity (Wildman–Crippen MR) is 33.7 cm³/mol. The van der Waals surface area contributed by atoms with Crippen molar-refractivity contribution >= 4 is 6.41 Å². The summed E-state index contributed by atoms with van der Waals surface area (Å²) in [5.41, 5.74) is 2.01. The molecule has 1 atom stereocenters. The Hall–Kier alpha value is -1.44. The summed E-state index contributed by atoms with van der Waals surface area (Å²) in [5, 5.41) is 15.0. The molecule has 0 fully saturated rings. The molecule has 5 heteroatoms. The lowest BCUT2D eigenvalue weighted by atomic mass is 10.3. The number of rotatable bonds is 4. The maximum absolute atomic E-state index is 9.61. The minimum absolute atomic E-state index is 0.155. The minimum Gasteiger partial charge on any atom is -0.277 e. The highest BCUT2D eigenvalue weighted by atomic mass is 16.1. The molecule has 10 heavy (non-hydrogen) atoms. The molecule has 0 rings (SSSR count). The third kappa shape index (κ3) is 4.71. The first kappa shape index (κ1) is 8.56. The minimum atomic E-state index is -0.155. The van der Waals surface area contributed by atoms with Gasteiger partial charge in [0.15, 0.2) is 0 Å². The smallest absolute Gasteiger partial charge is 0.228 e. The second kappa shape index (κ2) is 5.69. The molecule has 1 amide bonds. The summed E-state index contributed by atoms with van der Waals surface area (Å²) < 4.78 is 0. The van der Waals surface area contributed by atoms with E-state index in [0.29, 0.717) is 12.8 Å². The third-order valence-electron chi connectivity index (χ3n) is 0.752. The lowest BCUT2D eigenvalue weighted by molar-refractivity contribution is -0.109. The average Bonchev–Trinajstić information content (AvgIpc) is 1.89. The molecule has 0 heterocycles. The van der Waals surface area contributed by atoms with Crippen LogP contribution in [0.5, 0.6) is 0 Å². The second-order valence-corrected chi connectivity index (χ2v) is 1.67. The fraction of sp³-hybridized carbons (Fsp3) is 0.600. The summed E-state index contributed by atoms with van der Waals surface area (Å²) in [6.45, 7) is 1.74. The maximum atomic E-state index is 9.61. The fourth-order valence-electron chi connectivity index (χ4n) is 0.328. The summed E-state index contributed by atoms with van der Waals surface area (Å²) in [5.74, 6) is 0. The summed E-state index contributed by atoms with van der Waals surface area (Å²) in [7, 11) is 0. The van der Waals surface area contributed by atoms with Crippen molar-refractivity contribution in [1.82, 2.24) is 5.43 Å². The quantitative estimate of drug-likeness (QED) is 0.348.